The van der Waals surface area contributed by atoms with E-state index in [0.29, 0.717) is 23.3 Å². The molecule has 0 spiro atoms. The molecule has 0 bridgehead atoms. The summed E-state index contributed by atoms with van der Waals surface area (Å²) < 4.78 is 8.39. The maximum Gasteiger partial charge on any atom is 0.243 e. The van der Waals surface area contributed by atoms with Crippen molar-refractivity contribution in [3.8, 4) is 5.75 Å². The molecule has 0 saturated carbocycles. The highest BCUT2D eigenvalue weighted by molar-refractivity contribution is 9.10. The summed E-state index contributed by atoms with van der Waals surface area (Å²) in [5, 5.41) is 16.1. The molecule has 0 amide bonds. The fraction of sp³-hybridized carbons (Fsp3) is 0.278. The number of halogens is 2. The molecule has 2 heterocycles. The quantitative estimate of drug-likeness (QED) is 0.648. The molecule has 0 unspecified atom stereocenters. The third kappa shape index (κ3) is 3.29. The average Bonchev–Trinajstić information content (AvgIpc) is 3.11. The zero-order chi connectivity index (χ0) is 18.1. The van der Waals surface area contributed by atoms with Gasteiger partial charge in [0, 0.05) is 4.47 Å². The van der Waals surface area contributed by atoms with Gasteiger partial charge in [-0.1, -0.05) is 50.8 Å². The van der Waals surface area contributed by atoms with Crippen LogP contribution in [0.2, 0.25) is 5.02 Å². The van der Waals surface area contributed by atoms with Gasteiger partial charge in [-0.2, -0.15) is 0 Å². The van der Waals surface area contributed by atoms with E-state index in [4.69, 9.17) is 16.3 Å². The molecule has 6 nitrogen and oxygen atoms in total. The molecule has 2 aromatic carbocycles. The summed E-state index contributed by atoms with van der Waals surface area (Å²) in [7, 11) is 0. The van der Waals surface area contributed by atoms with E-state index in [-0.39, 0.29) is 12.1 Å². The van der Waals surface area contributed by atoms with Gasteiger partial charge in [0.1, 0.15) is 5.75 Å². The summed E-state index contributed by atoms with van der Waals surface area (Å²) in [6.07, 6.45) is 0.804. The highest BCUT2D eigenvalue weighted by Gasteiger charge is 2.31. The van der Waals surface area contributed by atoms with Gasteiger partial charge in [0.25, 0.3) is 0 Å². The highest BCUT2D eigenvalue weighted by atomic mass is 79.9. The minimum atomic E-state index is 0.0362. The standard InChI is InChI=1S/C18H17BrClN5O/c1-2-26-17-7-6-11(9-14(17)20)15-10-16(12-4-3-5-13(19)8-12)25-18(21-15)22-23-24-25/h3-9,15-16H,2,10H2,1H3,(H,21,22,24)/t15-,16+/m0/s1. The summed E-state index contributed by atoms with van der Waals surface area (Å²) in [4.78, 5) is 0. The highest BCUT2D eigenvalue weighted by Crippen LogP contribution is 2.39. The normalized spacial score (nSPS) is 18.9. The molecule has 4 rings (SSSR count). The summed E-state index contributed by atoms with van der Waals surface area (Å²) in [6, 6.07) is 14.2. The molecular formula is C18H17BrClN5O. The number of fused-ring (bicyclic) bond motifs is 1. The molecule has 1 N–H and O–H groups in total. The number of tetrazole rings is 1. The average molecular weight is 435 g/mol. The monoisotopic (exact) mass is 433 g/mol. The van der Waals surface area contributed by atoms with Gasteiger partial charge >= 0.3 is 0 Å². The first-order valence-corrected chi connectivity index (χ1v) is 9.55. The molecule has 0 fully saturated rings. The minimum absolute atomic E-state index is 0.0362. The SMILES string of the molecule is CCOc1ccc([C@@H]2C[C@H](c3cccc(Br)c3)n3nnnc3N2)cc1Cl. The molecule has 1 aliphatic heterocycles. The Morgan fingerprint density at radius 2 is 2.15 bits per heavy atom. The van der Waals surface area contributed by atoms with Crippen LogP contribution in [-0.4, -0.2) is 26.8 Å². The Hall–Kier alpha value is -2.12. The van der Waals surface area contributed by atoms with E-state index in [1.54, 1.807) is 0 Å². The van der Waals surface area contributed by atoms with Crippen molar-refractivity contribution in [2.45, 2.75) is 25.4 Å². The second kappa shape index (κ2) is 7.25. The van der Waals surface area contributed by atoms with Crippen molar-refractivity contribution in [1.29, 1.82) is 0 Å². The van der Waals surface area contributed by atoms with E-state index >= 15 is 0 Å². The predicted octanol–water partition coefficient (Wildman–Crippen LogP) is 4.63. The van der Waals surface area contributed by atoms with Crippen molar-refractivity contribution in [2.75, 3.05) is 11.9 Å². The van der Waals surface area contributed by atoms with E-state index < -0.39 is 0 Å². The predicted molar refractivity (Wildman–Crippen MR) is 104 cm³/mol. The molecule has 26 heavy (non-hydrogen) atoms. The molecule has 8 heteroatoms. The lowest BCUT2D eigenvalue weighted by molar-refractivity contribution is 0.340. The Kier molecular flexibility index (Phi) is 4.82. The number of aromatic nitrogens is 4. The Balaban J connectivity index is 1.68. The third-order valence-electron chi connectivity index (χ3n) is 4.44. The van der Waals surface area contributed by atoms with Crippen LogP contribution in [0.25, 0.3) is 0 Å². The van der Waals surface area contributed by atoms with Crippen LogP contribution in [-0.2, 0) is 0 Å². The second-order valence-corrected chi connectivity index (χ2v) is 7.40. The van der Waals surface area contributed by atoms with E-state index in [0.717, 1.165) is 22.0 Å². The lowest BCUT2D eigenvalue weighted by Gasteiger charge is -2.31. The summed E-state index contributed by atoms with van der Waals surface area (Å²) >= 11 is 9.92. The Morgan fingerprint density at radius 1 is 1.27 bits per heavy atom. The van der Waals surface area contributed by atoms with Crippen LogP contribution in [0, 0.1) is 0 Å². The smallest absolute Gasteiger partial charge is 0.243 e. The molecule has 1 aromatic heterocycles. The molecule has 134 valence electrons. The minimum Gasteiger partial charge on any atom is -0.492 e. The lowest BCUT2D eigenvalue weighted by atomic mass is 9.93. The van der Waals surface area contributed by atoms with Gasteiger partial charge in [0.15, 0.2) is 0 Å². The number of nitrogens with one attached hydrogen (secondary N) is 1. The van der Waals surface area contributed by atoms with Crippen LogP contribution in [0.4, 0.5) is 5.95 Å². The van der Waals surface area contributed by atoms with Crippen LogP contribution >= 0.6 is 27.5 Å². The number of benzene rings is 2. The third-order valence-corrected chi connectivity index (χ3v) is 5.23. The fourth-order valence-electron chi connectivity index (χ4n) is 3.25. The van der Waals surface area contributed by atoms with Gasteiger partial charge in [-0.25, -0.2) is 4.68 Å². The maximum absolute atomic E-state index is 6.38. The van der Waals surface area contributed by atoms with Gasteiger partial charge < -0.3 is 10.1 Å². The van der Waals surface area contributed by atoms with E-state index in [1.165, 1.54) is 0 Å². The van der Waals surface area contributed by atoms with Crippen LogP contribution in [0.15, 0.2) is 46.9 Å². The molecule has 0 aliphatic carbocycles. The number of ether oxygens (including phenoxy) is 1. The fourth-order valence-corrected chi connectivity index (χ4v) is 3.91. The number of anilines is 1. The van der Waals surface area contributed by atoms with Crippen LogP contribution < -0.4 is 10.1 Å². The lowest BCUT2D eigenvalue weighted by Crippen LogP contribution is -2.28. The second-order valence-electron chi connectivity index (χ2n) is 6.07. The first kappa shape index (κ1) is 17.3. The summed E-state index contributed by atoms with van der Waals surface area (Å²) in [5.74, 6) is 1.35. The van der Waals surface area contributed by atoms with Crippen LogP contribution in [0.3, 0.4) is 0 Å². The molecule has 2 atom stereocenters. The van der Waals surface area contributed by atoms with E-state index in [1.807, 2.05) is 41.9 Å². The van der Waals surface area contributed by atoms with Gasteiger partial charge in [-0.15, -0.1) is 0 Å². The zero-order valence-electron chi connectivity index (χ0n) is 14.1. The maximum atomic E-state index is 6.38. The molecule has 0 saturated heterocycles. The first-order valence-electron chi connectivity index (χ1n) is 8.38. The van der Waals surface area contributed by atoms with Gasteiger partial charge in [-0.3, -0.25) is 0 Å². The van der Waals surface area contributed by atoms with Crippen LogP contribution in [0.5, 0.6) is 5.75 Å². The number of rotatable bonds is 4. The van der Waals surface area contributed by atoms with Crippen LogP contribution in [0.1, 0.15) is 36.6 Å². The van der Waals surface area contributed by atoms with Crippen molar-refractivity contribution in [3.63, 3.8) is 0 Å². The molecular weight excluding hydrogens is 418 g/mol. The Labute approximate surface area is 164 Å². The van der Waals surface area contributed by atoms with Crippen molar-refractivity contribution in [3.05, 3.63) is 63.1 Å². The Bertz CT molecular complexity index is 931. The van der Waals surface area contributed by atoms with Gasteiger partial charge in [0.2, 0.25) is 5.95 Å². The number of hydrogen-bond donors (Lipinski definition) is 1. The van der Waals surface area contributed by atoms with Crippen molar-refractivity contribution in [1.82, 2.24) is 20.2 Å². The Morgan fingerprint density at radius 3 is 2.92 bits per heavy atom. The zero-order valence-corrected chi connectivity index (χ0v) is 16.4. The van der Waals surface area contributed by atoms with E-state index in [2.05, 4.69) is 48.9 Å². The first-order chi connectivity index (χ1) is 12.7. The van der Waals surface area contributed by atoms with Crippen molar-refractivity contribution in [2.24, 2.45) is 0 Å². The molecule has 1 aliphatic rings. The summed E-state index contributed by atoms with van der Waals surface area (Å²) in [5.41, 5.74) is 2.23. The number of hydrogen-bond acceptors (Lipinski definition) is 5. The molecule has 0 radical (unpaired) electrons. The van der Waals surface area contributed by atoms with Crippen molar-refractivity contribution >= 4 is 33.5 Å². The number of nitrogens with zero attached hydrogens (tertiary/aromatic N) is 4. The topological polar surface area (TPSA) is 64.9 Å². The van der Waals surface area contributed by atoms with E-state index in [9.17, 15) is 0 Å². The largest absolute Gasteiger partial charge is 0.492 e. The van der Waals surface area contributed by atoms with Crippen molar-refractivity contribution < 1.29 is 4.74 Å². The van der Waals surface area contributed by atoms with Gasteiger partial charge in [-0.05, 0) is 59.2 Å². The molecule has 3 aromatic rings. The van der Waals surface area contributed by atoms with Gasteiger partial charge in [0.05, 0.1) is 23.7 Å². The summed E-state index contributed by atoms with van der Waals surface area (Å²) in [6.45, 7) is 2.52.